The molecule has 0 unspecified atom stereocenters. The molecule has 36 heavy (non-hydrogen) atoms. The van der Waals surface area contributed by atoms with Gasteiger partial charge in [0.1, 0.15) is 6.54 Å². The Kier molecular flexibility index (Phi) is 8.56. The molecule has 6 heteroatoms. The Morgan fingerprint density at radius 3 is 2.22 bits per heavy atom. The zero-order valence-electron chi connectivity index (χ0n) is 21.4. The van der Waals surface area contributed by atoms with Gasteiger partial charge in [-0.3, -0.25) is 9.59 Å². The van der Waals surface area contributed by atoms with E-state index in [2.05, 4.69) is 17.4 Å². The molecule has 1 aliphatic carbocycles. The second-order valence-corrected chi connectivity index (χ2v) is 11.2. The van der Waals surface area contributed by atoms with Crippen molar-refractivity contribution in [3.63, 3.8) is 0 Å². The molecule has 1 saturated carbocycles. The molecule has 4 aliphatic rings. The molecule has 3 aliphatic heterocycles. The van der Waals surface area contributed by atoms with Crippen LogP contribution in [0.4, 0.5) is 5.69 Å². The Morgan fingerprint density at radius 2 is 1.58 bits per heavy atom. The van der Waals surface area contributed by atoms with Gasteiger partial charge < -0.3 is 31.5 Å². The second kappa shape index (κ2) is 11.5. The van der Waals surface area contributed by atoms with Gasteiger partial charge in [0, 0.05) is 24.4 Å². The maximum absolute atomic E-state index is 13.9. The number of esters is 1. The Hall–Kier alpha value is -2.18. The molecular formula is C30H39BrN2O3. The van der Waals surface area contributed by atoms with Crippen LogP contribution < -0.4 is 22.3 Å². The summed E-state index contributed by atoms with van der Waals surface area (Å²) in [4.78, 5) is 26.9. The van der Waals surface area contributed by atoms with Crippen molar-refractivity contribution < 1.29 is 35.8 Å². The van der Waals surface area contributed by atoms with Crippen molar-refractivity contribution in [2.24, 2.45) is 5.92 Å². The third-order valence-electron chi connectivity index (χ3n) is 8.79. The van der Waals surface area contributed by atoms with E-state index in [1.165, 1.54) is 18.4 Å². The van der Waals surface area contributed by atoms with Gasteiger partial charge in [-0.05, 0) is 37.5 Å². The minimum absolute atomic E-state index is 0. The molecule has 194 valence electrons. The number of ether oxygens (including phenoxy) is 1. The summed E-state index contributed by atoms with van der Waals surface area (Å²) in [6.45, 7) is 5.22. The Labute approximate surface area is 226 Å². The first kappa shape index (κ1) is 26.9. The Bertz CT molecular complexity index is 1020. The number of halogens is 1. The molecule has 1 atom stereocenters. The van der Waals surface area contributed by atoms with Crippen LogP contribution in [0.1, 0.15) is 62.5 Å². The van der Waals surface area contributed by atoms with Crippen molar-refractivity contribution in [2.75, 3.05) is 31.5 Å². The highest BCUT2D eigenvalue weighted by atomic mass is 79.9. The lowest BCUT2D eigenvalue weighted by Crippen LogP contribution is -3.00. The first-order valence-electron chi connectivity index (χ1n) is 13.5. The van der Waals surface area contributed by atoms with E-state index in [4.69, 9.17) is 4.74 Å². The molecule has 0 aromatic heterocycles. The van der Waals surface area contributed by atoms with Crippen molar-refractivity contribution in [3.8, 4) is 0 Å². The van der Waals surface area contributed by atoms with E-state index in [1.807, 2.05) is 49.4 Å². The molecule has 2 aromatic carbocycles. The summed E-state index contributed by atoms with van der Waals surface area (Å²) in [7, 11) is 0. The van der Waals surface area contributed by atoms with Crippen LogP contribution in [0.15, 0.2) is 54.6 Å². The molecule has 3 saturated heterocycles. The molecule has 3 heterocycles. The molecular weight excluding hydrogens is 516 g/mol. The molecule has 1 N–H and O–H groups in total. The van der Waals surface area contributed by atoms with Gasteiger partial charge in [0.15, 0.2) is 12.6 Å². The quantitative estimate of drug-likeness (QED) is 0.339. The number of hydrogen-bond acceptors (Lipinski definition) is 3. The van der Waals surface area contributed by atoms with Crippen molar-refractivity contribution >= 4 is 17.6 Å². The van der Waals surface area contributed by atoms with Gasteiger partial charge in [-0.25, -0.2) is 0 Å². The van der Waals surface area contributed by atoms with E-state index in [-0.39, 0.29) is 35.0 Å². The Morgan fingerprint density at radius 1 is 0.944 bits per heavy atom. The van der Waals surface area contributed by atoms with Gasteiger partial charge in [-0.15, -0.1) is 0 Å². The molecule has 0 spiro atoms. The number of nitrogens with one attached hydrogen (secondary N) is 1. The van der Waals surface area contributed by atoms with Crippen LogP contribution in [0.25, 0.3) is 0 Å². The normalized spacial score (nSPS) is 26.8. The van der Waals surface area contributed by atoms with Gasteiger partial charge in [-0.2, -0.15) is 0 Å². The van der Waals surface area contributed by atoms with Crippen molar-refractivity contribution in [2.45, 2.75) is 69.8 Å². The topological polar surface area (TPSA) is 55.4 Å². The van der Waals surface area contributed by atoms with Crippen LogP contribution in [-0.2, 0) is 19.7 Å². The predicted molar refractivity (Wildman–Crippen MR) is 138 cm³/mol. The summed E-state index contributed by atoms with van der Waals surface area (Å²) in [6.07, 6.45) is 8.18. The third kappa shape index (κ3) is 5.70. The summed E-state index contributed by atoms with van der Waals surface area (Å²) in [6, 6.07) is 18.2. The monoisotopic (exact) mass is 554 g/mol. The molecule has 1 amide bonds. The average molecular weight is 556 g/mol. The number of benzene rings is 2. The van der Waals surface area contributed by atoms with Gasteiger partial charge in [0.25, 0.3) is 5.91 Å². The number of amides is 1. The summed E-state index contributed by atoms with van der Waals surface area (Å²) >= 11 is 0. The number of hydrogen-bond donors (Lipinski definition) is 1. The summed E-state index contributed by atoms with van der Waals surface area (Å²) in [5.74, 6) is 0.424. The van der Waals surface area contributed by atoms with Gasteiger partial charge >= 0.3 is 5.97 Å². The molecule has 6 rings (SSSR count). The zero-order chi connectivity index (χ0) is 24.3. The molecule has 0 radical (unpaired) electrons. The molecule has 4 fully saturated rings. The number of nitrogens with zero attached hydrogens (tertiary/aromatic N) is 1. The fraction of sp³-hybridized carbons (Fsp3) is 0.533. The third-order valence-corrected chi connectivity index (χ3v) is 8.79. The van der Waals surface area contributed by atoms with Crippen LogP contribution in [-0.4, -0.2) is 48.6 Å². The van der Waals surface area contributed by atoms with E-state index in [1.54, 1.807) is 0 Å². The van der Waals surface area contributed by atoms with Gasteiger partial charge in [-0.1, -0.05) is 73.7 Å². The lowest BCUT2D eigenvalue weighted by molar-refractivity contribution is -0.939. The number of carbonyl (C=O) groups is 2. The molecule has 5 nitrogen and oxygen atoms in total. The lowest BCUT2D eigenvalue weighted by Gasteiger charge is -2.52. The first-order chi connectivity index (χ1) is 17.0. The van der Waals surface area contributed by atoms with Crippen LogP contribution in [0, 0.1) is 12.8 Å². The fourth-order valence-corrected chi connectivity index (χ4v) is 6.67. The van der Waals surface area contributed by atoms with E-state index in [9.17, 15) is 9.59 Å². The zero-order valence-corrected chi connectivity index (χ0v) is 23.0. The smallest absolute Gasteiger partial charge is 0.317 e. The fourth-order valence-electron chi connectivity index (χ4n) is 6.67. The Balaban J connectivity index is 0.00000304. The minimum atomic E-state index is -0.530. The molecule has 2 bridgehead atoms. The van der Waals surface area contributed by atoms with Crippen LogP contribution in [0.5, 0.6) is 0 Å². The van der Waals surface area contributed by atoms with E-state index in [0.717, 1.165) is 73.9 Å². The number of piperidine rings is 3. The van der Waals surface area contributed by atoms with Crippen molar-refractivity contribution in [1.82, 2.24) is 0 Å². The van der Waals surface area contributed by atoms with Crippen LogP contribution in [0.2, 0.25) is 0 Å². The van der Waals surface area contributed by atoms with Crippen LogP contribution >= 0.6 is 0 Å². The van der Waals surface area contributed by atoms with E-state index >= 15 is 0 Å². The SMILES string of the molecule is Cc1ccc(NC(=O)C[N+]23CCC(CC2)[C@@H](OC(=O)C2(c4ccccc4)CCCCCC2)C3)cc1.[Br-]. The predicted octanol–water partition coefficient (Wildman–Crippen LogP) is 2.38. The van der Waals surface area contributed by atoms with E-state index in [0.29, 0.717) is 12.5 Å². The number of rotatable bonds is 6. The standard InChI is InChI=1S/C30H38N2O3.BrH/c1-23-11-13-26(14-12-23)31-28(33)22-32-19-15-24(16-20-32)27(21-32)35-29(34)30(17-7-2-3-8-18-30)25-9-5-4-6-10-25;/h4-6,9-14,24,27H,2-3,7-8,15-22H2,1H3;1H/t24?,27-,32?;/m0./s1. The second-order valence-electron chi connectivity index (χ2n) is 11.2. The number of carbonyl (C=O) groups excluding carboxylic acids is 2. The lowest BCUT2D eigenvalue weighted by atomic mass is 9.74. The minimum Gasteiger partial charge on any atom is -1.00 e. The van der Waals surface area contributed by atoms with Gasteiger partial charge in [0.05, 0.1) is 18.5 Å². The highest BCUT2D eigenvalue weighted by molar-refractivity contribution is 5.91. The van der Waals surface area contributed by atoms with Crippen LogP contribution in [0.3, 0.4) is 0 Å². The number of aryl methyl sites for hydroxylation is 1. The average Bonchev–Trinajstić information content (AvgIpc) is 3.14. The summed E-state index contributed by atoms with van der Waals surface area (Å²) in [5.41, 5.74) is 2.59. The number of anilines is 1. The largest absolute Gasteiger partial charge is 1.00 e. The number of quaternary nitrogens is 1. The summed E-state index contributed by atoms with van der Waals surface area (Å²) < 4.78 is 7.16. The van der Waals surface area contributed by atoms with Gasteiger partial charge in [0.2, 0.25) is 0 Å². The summed E-state index contributed by atoms with van der Waals surface area (Å²) in [5, 5.41) is 3.07. The van der Waals surface area contributed by atoms with Crippen molar-refractivity contribution in [3.05, 3.63) is 65.7 Å². The van der Waals surface area contributed by atoms with E-state index < -0.39 is 5.41 Å². The highest BCUT2D eigenvalue weighted by Gasteiger charge is 2.51. The maximum Gasteiger partial charge on any atom is 0.317 e. The first-order valence-corrected chi connectivity index (χ1v) is 13.5. The molecule has 2 aromatic rings. The maximum atomic E-state index is 13.9. The number of fused-ring (bicyclic) bond motifs is 3. The van der Waals surface area contributed by atoms with Crippen molar-refractivity contribution in [1.29, 1.82) is 0 Å². The highest BCUT2D eigenvalue weighted by Crippen LogP contribution is 2.42.